The van der Waals surface area contributed by atoms with Crippen molar-refractivity contribution < 1.29 is 31.5 Å². The lowest BCUT2D eigenvalue weighted by atomic mass is 10.00. The average Bonchev–Trinajstić information content (AvgIpc) is 2.36. The molecule has 112 valence electrons. The standard InChI is InChI=1S/C12H12F5NO2/c1-2-20-11(19)9(14)10(18)7-5-6(12(15,16)17)3-4-8(7)13/h3-5,9-10H,2,18H2,1H3/t9?,10-/m1/s1. The molecule has 20 heavy (non-hydrogen) atoms. The van der Waals surface area contributed by atoms with Crippen molar-refractivity contribution in [2.75, 3.05) is 6.61 Å². The minimum Gasteiger partial charge on any atom is -0.464 e. The second-order valence-corrected chi connectivity index (χ2v) is 3.91. The second-order valence-electron chi connectivity index (χ2n) is 3.91. The van der Waals surface area contributed by atoms with Gasteiger partial charge in [-0.05, 0) is 25.1 Å². The van der Waals surface area contributed by atoms with E-state index in [4.69, 9.17) is 5.73 Å². The summed E-state index contributed by atoms with van der Waals surface area (Å²) in [7, 11) is 0. The number of hydrogen-bond donors (Lipinski definition) is 1. The van der Waals surface area contributed by atoms with Crippen LogP contribution < -0.4 is 5.73 Å². The highest BCUT2D eigenvalue weighted by Crippen LogP contribution is 2.32. The van der Waals surface area contributed by atoms with Crippen LogP contribution in [-0.4, -0.2) is 18.7 Å². The van der Waals surface area contributed by atoms with Crippen LogP contribution in [0.1, 0.15) is 24.1 Å². The monoisotopic (exact) mass is 297 g/mol. The van der Waals surface area contributed by atoms with Crippen molar-refractivity contribution in [3.63, 3.8) is 0 Å². The molecule has 2 atom stereocenters. The molecule has 0 heterocycles. The van der Waals surface area contributed by atoms with Gasteiger partial charge in [-0.3, -0.25) is 0 Å². The molecule has 0 aliphatic rings. The van der Waals surface area contributed by atoms with Crippen molar-refractivity contribution in [1.29, 1.82) is 0 Å². The molecular weight excluding hydrogens is 285 g/mol. The summed E-state index contributed by atoms with van der Waals surface area (Å²) >= 11 is 0. The number of esters is 1. The van der Waals surface area contributed by atoms with Gasteiger partial charge in [0.05, 0.1) is 18.2 Å². The zero-order chi connectivity index (χ0) is 15.5. The van der Waals surface area contributed by atoms with Gasteiger partial charge in [0.2, 0.25) is 6.17 Å². The lowest BCUT2D eigenvalue weighted by molar-refractivity contribution is -0.149. The van der Waals surface area contributed by atoms with Gasteiger partial charge in [-0.2, -0.15) is 13.2 Å². The number of nitrogens with two attached hydrogens (primary N) is 1. The number of hydrogen-bond acceptors (Lipinski definition) is 3. The number of halogens is 5. The third-order valence-corrected chi connectivity index (χ3v) is 2.51. The number of ether oxygens (including phenoxy) is 1. The van der Waals surface area contributed by atoms with Crippen LogP contribution in [0.3, 0.4) is 0 Å². The van der Waals surface area contributed by atoms with E-state index in [9.17, 15) is 26.7 Å². The van der Waals surface area contributed by atoms with E-state index >= 15 is 0 Å². The summed E-state index contributed by atoms with van der Waals surface area (Å²) in [5, 5.41) is 0. The quantitative estimate of drug-likeness (QED) is 0.687. The fourth-order valence-electron chi connectivity index (χ4n) is 1.50. The van der Waals surface area contributed by atoms with Gasteiger partial charge in [0.1, 0.15) is 5.82 Å². The molecule has 0 aliphatic carbocycles. The van der Waals surface area contributed by atoms with Crippen LogP contribution >= 0.6 is 0 Å². The Balaban J connectivity index is 3.09. The SMILES string of the molecule is CCOC(=O)C(F)[C@H](N)c1cc(C(F)(F)F)ccc1F. The first-order chi connectivity index (χ1) is 9.18. The third kappa shape index (κ3) is 3.66. The Bertz CT molecular complexity index is 489. The highest BCUT2D eigenvalue weighted by atomic mass is 19.4. The van der Waals surface area contributed by atoms with Crippen LogP contribution in [-0.2, 0) is 15.7 Å². The van der Waals surface area contributed by atoms with Gasteiger partial charge in [0.25, 0.3) is 0 Å². The normalized spacial score (nSPS) is 14.8. The Morgan fingerprint density at radius 2 is 2.00 bits per heavy atom. The highest BCUT2D eigenvalue weighted by Gasteiger charge is 2.34. The molecule has 0 spiro atoms. The Labute approximate surface area is 111 Å². The van der Waals surface area contributed by atoms with Gasteiger partial charge >= 0.3 is 12.1 Å². The van der Waals surface area contributed by atoms with Gasteiger partial charge in [0, 0.05) is 5.56 Å². The fourth-order valence-corrected chi connectivity index (χ4v) is 1.50. The molecule has 0 saturated heterocycles. The van der Waals surface area contributed by atoms with Crippen molar-refractivity contribution in [2.45, 2.75) is 25.3 Å². The predicted molar refractivity (Wildman–Crippen MR) is 59.9 cm³/mol. The number of carbonyl (C=O) groups is 1. The first kappa shape index (κ1) is 16.4. The van der Waals surface area contributed by atoms with Crippen molar-refractivity contribution in [2.24, 2.45) is 5.73 Å². The van der Waals surface area contributed by atoms with Crippen LogP contribution in [0.4, 0.5) is 22.0 Å². The molecule has 2 N–H and O–H groups in total. The molecule has 0 saturated carbocycles. The largest absolute Gasteiger partial charge is 0.464 e. The summed E-state index contributed by atoms with van der Waals surface area (Å²) in [6, 6.07) is -0.471. The van der Waals surface area contributed by atoms with E-state index in [1.807, 2.05) is 0 Å². The topological polar surface area (TPSA) is 52.3 Å². The van der Waals surface area contributed by atoms with Crippen molar-refractivity contribution in [3.8, 4) is 0 Å². The lowest BCUT2D eigenvalue weighted by Crippen LogP contribution is -2.32. The zero-order valence-corrected chi connectivity index (χ0v) is 10.4. The number of alkyl halides is 4. The smallest absolute Gasteiger partial charge is 0.416 e. The lowest BCUT2D eigenvalue weighted by Gasteiger charge is -2.18. The van der Waals surface area contributed by atoms with E-state index in [1.165, 1.54) is 6.92 Å². The number of benzene rings is 1. The summed E-state index contributed by atoms with van der Waals surface area (Å²) in [4.78, 5) is 11.1. The fraction of sp³-hybridized carbons (Fsp3) is 0.417. The molecule has 1 aromatic rings. The Hall–Kier alpha value is -1.70. The minimum atomic E-state index is -4.72. The van der Waals surface area contributed by atoms with E-state index in [0.29, 0.717) is 18.2 Å². The van der Waals surface area contributed by atoms with Crippen molar-refractivity contribution in [3.05, 3.63) is 35.1 Å². The van der Waals surface area contributed by atoms with Crippen LogP contribution in [0.25, 0.3) is 0 Å². The third-order valence-electron chi connectivity index (χ3n) is 2.51. The molecule has 0 aliphatic heterocycles. The van der Waals surface area contributed by atoms with Gasteiger partial charge in [-0.25, -0.2) is 13.6 Å². The van der Waals surface area contributed by atoms with Gasteiger partial charge in [-0.1, -0.05) is 0 Å². The minimum absolute atomic E-state index is 0.128. The molecule has 1 rings (SSSR count). The first-order valence-electron chi connectivity index (χ1n) is 5.61. The molecule has 0 aromatic heterocycles. The van der Waals surface area contributed by atoms with Crippen LogP contribution in [0, 0.1) is 5.82 Å². The molecule has 0 fully saturated rings. The maximum absolute atomic E-state index is 13.6. The molecular formula is C12H12F5NO2. The van der Waals surface area contributed by atoms with E-state index in [1.54, 1.807) is 0 Å². The van der Waals surface area contributed by atoms with Gasteiger partial charge < -0.3 is 10.5 Å². The maximum Gasteiger partial charge on any atom is 0.416 e. The van der Waals surface area contributed by atoms with Crippen LogP contribution in [0.5, 0.6) is 0 Å². The Morgan fingerprint density at radius 1 is 1.40 bits per heavy atom. The molecule has 8 heteroatoms. The van der Waals surface area contributed by atoms with E-state index in [-0.39, 0.29) is 6.61 Å². The summed E-state index contributed by atoms with van der Waals surface area (Å²) in [6.45, 7) is 1.29. The average molecular weight is 297 g/mol. The molecule has 3 nitrogen and oxygen atoms in total. The maximum atomic E-state index is 13.6. The molecule has 0 radical (unpaired) electrons. The zero-order valence-electron chi connectivity index (χ0n) is 10.4. The predicted octanol–water partition coefficient (Wildman–Crippen LogP) is 2.75. The molecule has 1 unspecified atom stereocenters. The molecule has 0 amide bonds. The summed E-state index contributed by atoms with van der Waals surface area (Å²) in [5.74, 6) is -2.48. The molecule has 0 bridgehead atoms. The Morgan fingerprint density at radius 3 is 2.50 bits per heavy atom. The summed E-state index contributed by atoms with van der Waals surface area (Å²) < 4.78 is 68.9. The van der Waals surface area contributed by atoms with E-state index < -0.39 is 41.3 Å². The molecule has 1 aromatic carbocycles. The van der Waals surface area contributed by atoms with Crippen LogP contribution in [0.2, 0.25) is 0 Å². The second kappa shape index (κ2) is 6.17. The van der Waals surface area contributed by atoms with E-state index in [2.05, 4.69) is 4.74 Å². The van der Waals surface area contributed by atoms with Gasteiger partial charge in [0.15, 0.2) is 0 Å². The first-order valence-corrected chi connectivity index (χ1v) is 5.61. The highest BCUT2D eigenvalue weighted by molar-refractivity contribution is 5.75. The number of rotatable bonds is 4. The van der Waals surface area contributed by atoms with Crippen molar-refractivity contribution >= 4 is 5.97 Å². The summed E-state index contributed by atoms with van der Waals surface area (Å²) in [5.41, 5.74) is 3.38. The summed E-state index contributed by atoms with van der Waals surface area (Å²) in [6.07, 6.45) is -7.18. The number of carbonyl (C=O) groups excluding carboxylic acids is 1. The Kier molecular flexibility index (Phi) is 5.04. The van der Waals surface area contributed by atoms with E-state index in [0.717, 1.165) is 0 Å². The van der Waals surface area contributed by atoms with Crippen LogP contribution in [0.15, 0.2) is 18.2 Å². The van der Waals surface area contributed by atoms with Gasteiger partial charge in [-0.15, -0.1) is 0 Å². The van der Waals surface area contributed by atoms with Crippen molar-refractivity contribution in [1.82, 2.24) is 0 Å².